The SMILES string of the molecule is O=C(/C=C/c1ccc(Br)o1)N[C@@H]1CCCc2ccccc21. The number of amides is 1. The fourth-order valence-corrected chi connectivity index (χ4v) is 3.02. The minimum absolute atomic E-state index is 0.0933. The minimum atomic E-state index is -0.0933. The molecular formula is C17H16BrNO2. The predicted octanol–water partition coefficient (Wildman–Crippen LogP) is 4.25. The van der Waals surface area contributed by atoms with Gasteiger partial charge in [0.05, 0.1) is 6.04 Å². The molecule has 0 fully saturated rings. The third-order valence-corrected chi connectivity index (χ3v) is 4.11. The van der Waals surface area contributed by atoms with Gasteiger partial charge in [-0.3, -0.25) is 4.79 Å². The number of nitrogens with one attached hydrogen (secondary N) is 1. The molecule has 3 nitrogen and oxygen atoms in total. The molecule has 1 aliphatic carbocycles. The lowest BCUT2D eigenvalue weighted by molar-refractivity contribution is -0.117. The third-order valence-electron chi connectivity index (χ3n) is 3.68. The molecule has 0 spiro atoms. The fraction of sp³-hybridized carbons (Fsp3) is 0.235. The van der Waals surface area contributed by atoms with Crippen LogP contribution in [0.2, 0.25) is 0 Å². The molecule has 108 valence electrons. The Morgan fingerprint density at radius 2 is 2.14 bits per heavy atom. The van der Waals surface area contributed by atoms with Gasteiger partial charge in [0.15, 0.2) is 4.67 Å². The number of hydrogen-bond donors (Lipinski definition) is 1. The molecule has 1 aromatic heterocycles. The zero-order chi connectivity index (χ0) is 14.7. The van der Waals surface area contributed by atoms with Gasteiger partial charge in [-0.2, -0.15) is 0 Å². The van der Waals surface area contributed by atoms with E-state index in [1.165, 1.54) is 17.2 Å². The highest BCUT2D eigenvalue weighted by atomic mass is 79.9. The van der Waals surface area contributed by atoms with Crippen molar-refractivity contribution < 1.29 is 9.21 Å². The van der Waals surface area contributed by atoms with Gasteiger partial charge in [-0.15, -0.1) is 0 Å². The minimum Gasteiger partial charge on any atom is -0.450 e. The maximum Gasteiger partial charge on any atom is 0.244 e. The Kier molecular flexibility index (Phi) is 4.25. The molecule has 1 heterocycles. The molecule has 0 unspecified atom stereocenters. The summed E-state index contributed by atoms with van der Waals surface area (Å²) in [6.45, 7) is 0. The van der Waals surface area contributed by atoms with Gasteiger partial charge in [-0.1, -0.05) is 24.3 Å². The quantitative estimate of drug-likeness (QED) is 0.845. The highest BCUT2D eigenvalue weighted by Crippen LogP contribution is 2.29. The molecule has 0 radical (unpaired) electrons. The highest BCUT2D eigenvalue weighted by Gasteiger charge is 2.20. The fourth-order valence-electron chi connectivity index (χ4n) is 2.70. The lowest BCUT2D eigenvalue weighted by Gasteiger charge is -2.25. The number of benzene rings is 1. The second-order valence-electron chi connectivity index (χ2n) is 5.13. The molecule has 2 aromatic rings. The summed E-state index contributed by atoms with van der Waals surface area (Å²) in [5.74, 6) is 0.560. The molecule has 1 amide bonds. The van der Waals surface area contributed by atoms with Gasteiger partial charge in [0.1, 0.15) is 5.76 Å². The van der Waals surface area contributed by atoms with E-state index in [1.807, 2.05) is 12.1 Å². The Morgan fingerprint density at radius 1 is 1.29 bits per heavy atom. The molecule has 1 aromatic carbocycles. The van der Waals surface area contributed by atoms with Gasteiger partial charge in [0.2, 0.25) is 5.91 Å². The summed E-state index contributed by atoms with van der Waals surface area (Å²) >= 11 is 3.24. The predicted molar refractivity (Wildman–Crippen MR) is 85.7 cm³/mol. The van der Waals surface area contributed by atoms with E-state index in [0.717, 1.165) is 19.3 Å². The van der Waals surface area contributed by atoms with Gasteiger partial charge in [-0.05, 0) is 64.5 Å². The molecule has 1 N–H and O–H groups in total. The largest absolute Gasteiger partial charge is 0.450 e. The molecule has 1 aliphatic rings. The molecule has 0 bridgehead atoms. The van der Waals surface area contributed by atoms with E-state index in [-0.39, 0.29) is 11.9 Å². The van der Waals surface area contributed by atoms with Crippen molar-refractivity contribution in [2.24, 2.45) is 0 Å². The summed E-state index contributed by atoms with van der Waals surface area (Å²) in [6.07, 6.45) is 6.38. The van der Waals surface area contributed by atoms with Crippen molar-refractivity contribution in [3.05, 3.63) is 64.0 Å². The zero-order valence-electron chi connectivity index (χ0n) is 11.5. The highest BCUT2D eigenvalue weighted by molar-refractivity contribution is 9.10. The van der Waals surface area contributed by atoms with Crippen LogP contribution in [0.1, 0.15) is 35.8 Å². The van der Waals surface area contributed by atoms with Crippen LogP contribution in [0.5, 0.6) is 0 Å². The summed E-state index contributed by atoms with van der Waals surface area (Å²) < 4.78 is 5.99. The van der Waals surface area contributed by atoms with Crippen LogP contribution in [0.4, 0.5) is 0 Å². The number of carbonyl (C=O) groups excluding carboxylic acids is 1. The maximum atomic E-state index is 12.0. The van der Waals surface area contributed by atoms with Gasteiger partial charge >= 0.3 is 0 Å². The smallest absolute Gasteiger partial charge is 0.244 e. The van der Waals surface area contributed by atoms with E-state index >= 15 is 0 Å². The molecule has 4 heteroatoms. The summed E-state index contributed by atoms with van der Waals surface area (Å²) in [7, 11) is 0. The van der Waals surface area contributed by atoms with Gasteiger partial charge in [0, 0.05) is 6.08 Å². The van der Waals surface area contributed by atoms with Crippen molar-refractivity contribution in [1.82, 2.24) is 5.32 Å². The Bertz CT molecular complexity index is 675. The van der Waals surface area contributed by atoms with Gasteiger partial charge in [-0.25, -0.2) is 0 Å². The molecule has 3 rings (SSSR count). The first kappa shape index (κ1) is 14.1. The number of hydrogen-bond acceptors (Lipinski definition) is 2. The van der Waals surface area contributed by atoms with Crippen molar-refractivity contribution in [2.45, 2.75) is 25.3 Å². The van der Waals surface area contributed by atoms with Crippen LogP contribution in [0.25, 0.3) is 6.08 Å². The van der Waals surface area contributed by atoms with Crippen LogP contribution in [-0.4, -0.2) is 5.91 Å². The topological polar surface area (TPSA) is 42.2 Å². The molecule has 0 saturated heterocycles. The first-order chi connectivity index (χ1) is 10.2. The first-order valence-corrected chi connectivity index (χ1v) is 7.83. The van der Waals surface area contributed by atoms with E-state index in [4.69, 9.17) is 4.42 Å². The van der Waals surface area contributed by atoms with Gasteiger partial charge in [0.25, 0.3) is 0 Å². The van der Waals surface area contributed by atoms with E-state index in [1.54, 1.807) is 12.1 Å². The third kappa shape index (κ3) is 3.45. The Hall–Kier alpha value is -1.81. The number of fused-ring (bicyclic) bond motifs is 1. The molecule has 1 atom stereocenters. The van der Waals surface area contributed by atoms with E-state index < -0.39 is 0 Å². The summed E-state index contributed by atoms with van der Waals surface area (Å²) in [5, 5.41) is 3.07. The summed E-state index contributed by atoms with van der Waals surface area (Å²) in [5.41, 5.74) is 2.58. The molecule has 0 saturated carbocycles. The number of carbonyl (C=O) groups is 1. The van der Waals surface area contributed by atoms with Crippen LogP contribution in [-0.2, 0) is 11.2 Å². The molecule has 21 heavy (non-hydrogen) atoms. The standard InChI is InChI=1S/C17H16BrNO2/c18-16-10-8-13(21-16)9-11-17(20)19-15-7-3-5-12-4-1-2-6-14(12)15/h1-2,4,6,8-11,15H,3,5,7H2,(H,19,20)/b11-9+/t15-/m1/s1. The second-order valence-corrected chi connectivity index (χ2v) is 5.91. The second kappa shape index (κ2) is 6.31. The van der Waals surface area contributed by atoms with E-state index in [9.17, 15) is 4.79 Å². The van der Waals surface area contributed by atoms with Crippen molar-refractivity contribution in [1.29, 1.82) is 0 Å². The number of halogens is 1. The van der Waals surface area contributed by atoms with Crippen molar-refractivity contribution in [2.75, 3.05) is 0 Å². The van der Waals surface area contributed by atoms with Crippen LogP contribution in [0.15, 0.2) is 51.6 Å². The normalized spacial score (nSPS) is 17.7. The number of rotatable bonds is 3. The maximum absolute atomic E-state index is 12.0. The van der Waals surface area contributed by atoms with Gasteiger partial charge < -0.3 is 9.73 Å². The summed E-state index contributed by atoms with van der Waals surface area (Å²) in [6, 6.07) is 12.0. The lowest BCUT2D eigenvalue weighted by atomic mass is 9.88. The van der Waals surface area contributed by atoms with Crippen molar-refractivity contribution in [3.8, 4) is 0 Å². The monoisotopic (exact) mass is 345 g/mol. The average Bonchev–Trinajstić information content (AvgIpc) is 2.91. The Morgan fingerprint density at radius 3 is 2.95 bits per heavy atom. The van der Waals surface area contributed by atoms with Crippen LogP contribution < -0.4 is 5.32 Å². The molecule has 0 aliphatic heterocycles. The zero-order valence-corrected chi connectivity index (χ0v) is 13.1. The Labute approximate surface area is 132 Å². The number of furan rings is 1. The Balaban J connectivity index is 1.67. The van der Waals surface area contributed by atoms with Crippen LogP contribution >= 0.6 is 15.9 Å². The van der Waals surface area contributed by atoms with Crippen molar-refractivity contribution in [3.63, 3.8) is 0 Å². The van der Waals surface area contributed by atoms with E-state index in [0.29, 0.717) is 10.4 Å². The number of aryl methyl sites for hydroxylation is 1. The van der Waals surface area contributed by atoms with Crippen LogP contribution in [0, 0.1) is 0 Å². The average molecular weight is 346 g/mol. The lowest BCUT2D eigenvalue weighted by Crippen LogP contribution is -2.29. The summed E-state index contributed by atoms with van der Waals surface area (Å²) in [4.78, 5) is 12.0. The molecular weight excluding hydrogens is 330 g/mol. The first-order valence-electron chi connectivity index (χ1n) is 7.04. The van der Waals surface area contributed by atoms with Crippen LogP contribution in [0.3, 0.4) is 0 Å². The van der Waals surface area contributed by atoms with Crippen molar-refractivity contribution >= 4 is 27.9 Å². The van der Waals surface area contributed by atoms with E-state index in [2.05, 4.69) is 39.4 Å².